The summed E-state index contributed by atoms with van der Waals surface area (Å²) < 4.78 is 7.58. The molecule has 0 N–H and O–H groups in total. The Balaban J connectivity index is 1.70. The van der Waals surface area contributed by atoms with Gasteiger partial charge in [-0.25, -0.2) is 9.78 Å². The van der Waals surface area contributed by atoms with Gasteiger partial charge in [-0.2, -0.15) is 0 Å². The molecule has 0 atom stereocenters. The summed E-state index contributed by atoms with van der Waals surface area (Å²) in [4.78, 5) is 18.4. The number of pyridine rings is 1. The number of likely N-dealkylation sites (tertiary alicyclic amines) is 1. The van der Waals surface area contributed by atoms with Crippen LogP contribution in [0.3, 0.4) is 0 Å². The molecule has 3 rings (SSSR count). The molecule has 0 aliphatic carbocycles. The minimum Gasteiger partial charge on any atom is -0.444 e. The summed E-state index contributed by atoms with van der Waals surface area (Å²) in [6.45, 7) is 7.03. The zero-order chi connectivity index (χ0) is 16.6. The standard InChI is InChI=1S/C17H22ClN3O2/c1-17(2,3)23-16(22)20-9-6-12(7-10-20)21-11-14(18)13-5-4-8-19-15(13)21/h4-5,8,11-12H,6-7,9-10H2,1-3H3. The largest absolute Gasteiger partial charge is 0.444 e. The lowest BCUT2D eigenvalue weighted by molar-refractivity contribution is 0.0189. The highest BCUT2D eigenvalue weighted by molar-refractivity contribution is 6.35. The van der Waals surface area contributed by atoms with Crippen molar-refractivity contribution in [1.82, 2.24) is 14.5 Å². The number of halogens is 1. The van der Waals surface area contributed by atoms with Gasteiger partial charge in [0.15, 0.2) is 0 Å². The molecule has 2 aromatic heterocycles. The van der Waals surface area contributed by atoms with Gasteiger partial charge in [0.1, 0.15) is 11.2 Å². The van der Waals surface area contributed by atoms with E-state index in [9.17, 15) is 4.79 Å². The van der Waals surface area contributed by atoms with Crippen LogP contribution in [0.15, 0.2) is 24.5 Å². The second-order valence-corrected chi connectivity index (χ2v) is 7.36. The number of hydrogen-bond acceptors (Lipinski definition) is 3. The number of amides is 1. The minimum absolute atomic E-state index is 0.232. The number of rotatable bonds is 1. The van der Waals surface area contributed by atoms with Crippen LogP contribution in [0.4, 0.5) is 4.79 Å². The predicted octanol–water partition coefficient (Wildman–Crippen LogP) is 4.26. The Bertz CT molecular complexity index is 712. The smallest absolute Gasteiger partial charge is 0.410 e. The van der Waals surface area contributed by atoms with E-state index in [0.29, 0.717) is 19.1 Å². The Morgan fingerprint density at radius 1 is 1.35 bits per heavy atom. The Morgan fingerprint density at radius 2 is 2.04 bits per heavy atom. The molecule has 1 amide bonds. The number of piperidine rings is 1. The van der Waals surface area contributed by atoms with Gasteiger partial charge in [-0.05, 0) is 45.7 Å². The fourth-order valence-corrected chi connectivity index (χ4v) is 3.23. The van der Waals surface area contributed by atoms with Gasteiger partial charge >= 0.3 is 6.09 Å². The van der Waals surface area contributed by atoms with E-state index in [-0.39, 0.29) is 6.09 Å². The van der Waals surface area contributed by atoms with Crippen LogP contribution in [0.2, 0.25) is 5.02 Å². The van der Waals surface area contributed by atoms with Crippen LogP contribution < -0.4 is 0 Å². The zero-order valence-corrected chi connectivity index (χ0v) is 14.5. The summed E-state index contributed by atoms with van der Waals surface area (Å²) >= 11 is 6.30. The van der Waals surface area contributed by atoms with Crippen molar-refractivity contribution in [3.8, 4) is 0 Å². The molecule has 23 heavy (non-hydrogen) atoms. The number of ether oxygens (including phenoxy) is 1. The molecule has 124 valence electrons. The van der Waals surface area contributed by atoms with Gasteiger partial charge in [0.25, 0.3) is 0 Å². The van der Waals surface area contributed by atoms with Crippen molar-refractivity contribution in [2.75, 3.05) is 13.1 Å². The first kappa shape index (κ1) is 16.1. The van der Waals surface area contributed by atoms with Gasteiger partial charge in [-0.15, -0.1) is 0 Å². The molecule has 0 saturated carbocycles. The summed E-state index contributed by atoms with van der Waals surface area (Å²) in [5.41, 5.74) is 0.454. The fraction of sp³-hybridized carbons (Fsp3) is 0.529. The molecule has 0 unspecified atom stereocenters. The Labute approximate surface area is 141 Å². The summed E-state index contributed by atoms with van der Waals surface area (Å²) in [6.07, 6.45) is 5.24. The molecule has 0 radical (unpaired) electrons. The van der Waals surface area contributed by atoms with Crippen molar-refractivity contribution in [3.63, 3.8) is 0 Å². The molecule has 6 heteroatoms. The van der Waals surface area contributed by atoms with Crippen molar-refractivity contribution in [2.45, 2.75) is 45.3 Å². The highest BCUT2D eigenvalue weighted by Gasteiger charge is 2.28. The van der Waals surface area contributed by atoms with Crippen molar-refractivity contribution in [2.24, 2.45) is 0 Å². The average molecular weight is 336 g/mol. The first-order valence-electron chi connectivity index (χ1n) is 7.94. The highest BCUT2D eigenvalue weighted by atomic mass is 35.5. The molecule has 1 fully saturated rings. The Morgan fingerprint density at radius 3 is 2.70 bits per heavy atom. The predicted molar refractivity (Wildman–Crippen MR) is 90.8 cm³/mol. The molecule has 3 heterocycles. The lowest BCUT2D eigenvalue weighted by Gasteiger charge is -2.34. The summed E-state index contributed by atoms with van der Waals surface area (Å²) in [5.74, 6) is 0. The first-order chi connectivity index (χ1) is 10.8. The van der Waals surface area contributed by atoms with Crippen molar-refractivity contribution in [1.29, 1.82) is 0 Å². The number of hydrogen-bond donors (Lipinski definition) is 0. The number of fused-ring (bicyclic) bond motifs is 1. The topological polar surface area (TPSA) is 47.4 Å². The number of carbonyl (C=O) groups excluding carboxylic acids is 1. The second-order valence-electron chi connectivity index (χ2n) is 6.96. The van der Waals surface area contributed by atoms with E-state index >= 15 is 0 Å². The van der Waals surface area contributed by atoms with Gasteiger partial charge in [-0.3, -0.25) is 0 Å². The fourth-order valence-electron chi connectivity index (χ4n) is 2.97. The van der Waals surface area contributed by atoms with Crippen molar-refractivity contribution >= 4 is 28.7 Å². The zero-order valence-electron chi connectivity index (χ0n) is 13.8. The van der Waals surface area contributed by atoms with Crippen LogP contribution in [-0.2, 0) is 4.74 Å². The van der Waals surface area contributed by atoms with Gasteiger partial charge in [-0.1, -0.05) is 11.6 Å². The molecule has 0 bridgehead atoms. The summed E-state index contributed by atoms with van der Waals surface area (Å²) in [5, 5.41) is 1.70. The second kappa shape index (κ2) is 6.04. The van der Waals surface area contributed by atoms with E-state index in [2.05, 4.69) is 9.55 Å². The molecule has 2 aromatic rings. The van der Waals surface area contributed by atoms with Crippen LogP contribution in [0.1, 0.15) is 39.7 Å². The Kier molecular flexibility index (Phi) is 4.23. The number of nitrogens with zero attached hydrogens (tertiary/aromatic N) is 3. The highest BCUT2D eigenvalue weighted by Crippen LogP contribution is 2.31. The normalized spacial score (nSPS) is 16.8. The van der Waals surface area contributed by atoms with Gasteiger partial charge in [0, 0.05) is 36.9 Å². The van der Waals surface area contributed by atoms with Gasteiger partial charge in [0.05, 0.1) is 5.02 Å². The van der Waals surface area contributed by atoms with Crippen LogP contribution >= 0.6 is 11.6 Å². The van der Waals surface area contributed by atoms with Crippen molar-refractivity contribution in [3.05, 3.63) is 29.5 Å². The maximum absolute atomic E-state index is 12.1. The summed E-state index contributed by atoms with van der Waals surface area (Å²) in [6, 6.07) is 4.18. The summed E-state index contributed by atoms with van der Waals surface area (Å²) in [7, 11) is 0. The number of carbonyl (C=O) groups is 1. The average Bonchev–Trinajstić information content (AvgIpc) is 2.83. The van der Waals surface area contributed by atoms with E-state index in [1.165, 1.54) is 0 Å². The third-order valence-electron chi connectivity index (χ3n) is 4.05. The molecule has 1 aliphatic heterocycles. The third kappa shape index (κ3) is 3.44. The van der Waals surface area contributed by atoms with Crippen LogP contribution in [0, 0.1) is 0 Å². The quantitative estimate of drug-likeness (QED) is 0.782. The van der Waals surface area contributed by atoms with E-state index in [0.717, 1.165) is 28.9 Å². The Hall–Kier alpha value is -1.75. The third-order valence-corrected chi connectivity index (χ3v) is 4.35. The van der Waals surface area contributed by atoms with Crippen LogP contribution in [0.5, 0.6) is 0 Å². The SMILES string of the molecule is CC(C)(C)OC(=O)N1CCC(n2cc(Cl)c3cccnc32)CC1. The van der Waals surface area contributed by atoms with Gasteiger partial charge in [0.2, 0.25) is 0 Å². The molecular weight excluding hydrogens is 314 g/mol. The molecule has 0 spiro atoms. The molecular formula is C17H22ClN3O2. The maximum Gasteiger partial charge on any atom is 0.410 e. The van der Waals surface area contributed by atoms with Crippen molar-refractivity contribution < 1.29 is 9.53 Å². The number of aromatic nitrogens is 2. The molecule has 1 aliphatic rings. The van der Waals surface area contributed by atoms with E-state index in [1.54, 1.807) is 11.1 Å². The lowest BCUT2D eigenvalue weighted by Crippen LogP contribution is -2.42. The molecule has 5 nitrogen and oxygen atoms in total. The van der Waals surface area contributed by atoms with Crippen LogP contribution in [0.25, 0.3) is 11.0 Å². The van der Waals surface area contributed by atoms with Gasteiger partial charge < -0.3 is 14.2 Å². The van der Waals surface area contributed by atoms with Crippen LogP contribution in [-0.4, -0.2) is 39.2 Å². The maximum atomic E-state index is 12.1. The first-order valence-corrected chi connectivity index (χ1v) is 8.32. The monoisotopic (exact) mass is 335 g/mol. The molecule has 1 saturated heterocycles. The van der Waals surface area contributed by atoms with E-state index in [1.807, 2.05) is 39.1 Å². The minimum atomic E-state index is -0.456. The van der Waals surface area contributed by atoms with E-state index in [4.69, 9.17) is 16.3 Å². The molecule has 0 aromatic carbocycles. The van der Waals surface area contributed by atoms with E-state index < -0.39 is 5.60 Å². The lowest BCUT2D eigenvalue weighted by atomic mass is 10.1.